The van der Waals surface area contributed by atoms with Crippen molar-refractivity contribution in [3.8, 4) is 0 Å². The van der Waals surface area contributed by atoms with Crippen molar-refractivity contribution in [1.29, 1.82) is 0 Å². The van der Waals surface area contributed by atoms with E-state index in [4.69, 9.17) is 0 Å². The molecule has 1 aliphatic heterocycles. The van der Waals surface area contributed by atoms with Crippen LogP contribution in [0.4, 0.5) is 0 Å². The number of hydrogen-bond donors (Lipinski definition) is 2. The minimum Gasteiger partial charge on any atom is -0.353 e. The molecule has 0 bridgehead atoms. The van der Waals surface area contributed by atoms with E-state index in [0.717, 1.165) is 25.8 Å². The summed E-state index contributed by atoms with van der Waals surface area (Å²) in [6, 6.07) is 7.30. The lowest BCUT2D eigenvalue weighted by Crippen LogP contribution is -2.46. The van der Waals surface area contributed by atoms with E-state index in [9.17, 15) is 4.79 Å². The number of aryl methyl sites for hydroxylation is 3. The molecule has 1 aliphatic rings. The van der Waals surface area contributed by atoms with Crippen LogP contribution in [0, 0.1) is 13.8 Å². The van der Waals surface area contributed by atoms with Gasteiger partial charge < -0.3 is 10.6 Å². The zero-order valence-corrected chi connectivity index (χ0v) is 12.8. The zero-order chi connectivity index (χ0) is 14.5. The molecule has 1 amide bonds. The third-order valence-electron chi connectivity index (χ3n) is 4.11. The third-order valence-corrected chi connectivity index (χ3v) is 4.11. The second-order valence-corrected chi connectivity index (χ2v) is 6.07. The van der Waals surface area contributed by atoms with Crippen LogP contribution in [0.25, 0.3) is 0 Å². The first-order valence-corrected chi connectivity index (χ1v) is 7.63. The highest BCUT2D eigenvalue weighted by molar-refractivity contribution is 5.76. The van der Waals surface area contributed by atoms with Crippen molar-refractivity contribution < 1.29 is 4.79 Å². The van der Waals surface area contributed by atoms with Crippen LogP contribution in [0.1, 0.15) is 42.9 Å². The number of hydrogen-bond acceptors (Lipinski definition) is 2. The number of benzene rings is 1. The number of amides is 1. The number of carbonyl (C=O) groups excluding carboxylic acids is 1. The molecule has 20 heavy (non-hydrogen) atoms. The Bertz CT molecular complexity index is 470. The van der Waals surface area contributed by atoms with Crippen LogP contribution in [0.15, 0.2) is 18.2 Å². The predicted octanol–water partition coefficient (Wildman–Crippen LogP) is 2.49. The van der Waals surface area contributed by atoms with Crippen molar-refractivity contribution in [2.75, 3.05) is 6.54 Å². The standard InChI is InChI=1S/C17H26N2O/c1-12-4-5-15(13(2)10-12)6-7-17(20)19-16-8-9-18-14(3)11-16/h4-5,10,14,16,18H,6-9,11H2,1-3H3,(H,19,20). The second-order valence-electron chi connectivity index (χ2n) is 6.07. The van der Waals surface area contributed by atoms with Gasteiger partial charge in [-0.1, -0.05) is 23.8 Å². The lowest BCUT2D eigenvalue weighted by molar-refractivity contribution is -0.122. The number of rotatable bonds is 4. The summed E-state index contributed by atoms with van der Waals surface area (Å²) in [4.78, 5) is 12.0. The van der Waals surface area contributed by atoms with Gasteiger partial charge in [-0.25, -0.2) is 0 Å². The van der Waals surface area contributed by atoms with Crippen molar-refractivity contribution in [3.05, 3.63) is 34.9 Å². The summed E-state index contributed by atoms with van der Waals surface area (Å²) in [5, 5.41) is 6.58. The van der Waals surface area contributed by atoms with Crippen LogP contribution in [-0.2, 0) is 11.2 Å². The molecular weight excluding hydrogens is 248 g/mol. The molecule has 0 saturated carbocycles. The van der Waals surface area contributed by atoms with Crippen LogP contribution in [0.3, 0.4) is 0 Å². The number of carbonyl (C=O) groups is 1. The van der Waals surface area contributed by atoms with Crippen molar-refractivity contribution in [2.24, 2.45) is 0 Å². The first kappa shape index (κ1) is 15.0. The van der Waals surface area contributed by atoms with Crippen LogP contribution >= 0.6 is 0 Å². The van der Waals surface area contributed by atoms with Gasteiger partial charge in [0.25, 0.3) is 0 Å². The Kier molecular flexibility index (Phi) is 5.18. The monoisotopic (exact) mass is 274 g/mol. The first-order chi connectivity index (χ1) is 9.54. The molecule has 1 saturated heterocycles. The Morgan fingerprint density at radius 3 is 2.90 bits per heavy atom. The summed E-state index contributed by atoms with van der Waals surface area (Å²) in [5.41, 5.74) is 3.84. The van der Waals surface area contributed by atoms with Gasteiger partial charge in [-0.05, 0) is 57.7 Å². The van der Waals surface area contributed by atoms with Crippen LogP contribution in [0.5, 0.6) is 0 Å². The Balaban J connectivity index is 1.80. The molecule has 0 spiro atoms. The minimum absolute atomic E-state index is 0.184. The smallest absolute Gasteiger partial charge is 0.220 e. The maximum Gasteiger partial charge on any atom is 0.220 e. The molecule has 110 valence electrons. The average Bonchev–Trinajstić information content (AvgIpc) is 2.37. The molecule has 2 N–H and O–H groups in total. The summed E-state index contributed by atoms with van der Waals surface area (Å²) in [6.07, 6.45) is 3.50. The molecule has 1 fully saturated rings. The lowest BCUT2D eigenvalue weighted by atomic mass is 9.99. The predicted molar refractivity (Wildman–Crippen MR) is 82.9 cm³/mol. The summed E-state index contributed by atoms with van der Waals surface area (Å²) in [6.45, 7) is 7.40. The normalized spacial score (nSPS) is 22.6. The molecule has 1 heterocycles. The highest BCUT2D eigenvalue weighted by Gasteiger charge is 2.19. The van der Waals surface area contributed by atoms with E-state index in [1.807, 2.05) is 0 Å². The summed E-state index contributed by atoms with van der Waals surface area (Å²) < 4.78 is 0. The SMILES string of the molecule is Cc1ccc(CCC(=O)NC2CCNC(C)C2)c(C)c1. The minimum atomic E-state index is 0.184. The number of piperidine rings is 1. The van der Waals surface area contributed by atoms with E-state index in [-0.39, 0.29) is 5.91 Å². The summed E-state index contributed by atoms with van der Waals surface area (Å²) in [7, 11) is 0. The highest BCUT2D eigenvalue weighted by atomic mass is 16.1. The number of nitrogens with one attached hydrogen (secondary N) is 2. The van der Waals surface area contributed by atoms with E-state index >= 15 is 0 Å². The van der Waals surface area contributed by atoms with E-state index in [1.54, 1.807) is 0 Å². The van der Waals surface area contributed by atoms with E-state index < -0.39 is 0 Å². The fraction of sp³-hybridized carbons (Fsp3) is 0.588. The summed E-state index contributed by atoms with van der Waals surface area (Å²) in [5.74, 6) is 0.184. The van der Waals surface area contributed by atoms with Gasteiger partial charge in [-0.15, -0.1) is 0 Å². The van der Waals surface area contributed by atoms with Gasteiger partial charge in [-0.3, -0.25) is 4.79 Å². The van der Waals surface area contributed by atoms with Gasteiger partial charge in [0.1, 0.15) is 0 Å². The lowest BCUT2D eigenvalue weighted by Gasteiger charge is -2.28. The first-order valence-electron chi connectivity index (χ1n) is 7.63. The van der Waals surface area contributed by atoms with Gasteiger partial charge >= 0.3 is 0 Å². The molecule has 2 atom stereocenters. The van der Waals surface area contributed by atoms with Crippen LogP contribution < -0.4 is 10.6 Å². The van der Waals surface area contributed by atoms with Gasteiger partial charge in [0, 0.05) is 18.5 Å². The molecular formula is C17H26N2O. The van der Waals surface area contributed by atoms with Crippen molar-refractivity contribution in [1.82, 2.24) is 10.6 Å². The van der Waals surface area contributed by atoms with Crippen molar-refractivity contribution >= 4 is 5.91 Å². The van der Waals surface area contributed by atoms with Gasteiger partial charge in [0.05, 0.1) is 0 Å². The fourth-order valence-electron chi connectivity index (χ4n) is 2.94. The van der Waals surface area contributed by atoms with Gasteiger partial charge in [0.15, 0.2) is 0 Å². The summed E-state index contributed by atoms with van der Waals surface area (Å²) >= 11 is 0. The van der Waals surface area contributed by atoms with E-state index in [2.05, 4.69) is 49.6 Å². The van der Waals surface area contributed by atoms with Gasteiger partial charge in [-0.2, -0.15) is 0 Å². The third kappa shape index (κ3) is 4.34. The molecule has 2 rings (SSSR count). The van der Waals surface area contributed by atoms with Crippen molar-refractivity contribution in [2.45, 2.75) is 58.5 Å². The maximum atomic E-state index is 12.0. The topological polar surface area (TPSA) is 41.1 Å². The maximum absolute atomic E-state index is 12.0. The van der Waals surface area contributed by atoms with Crippen LogP contribution in [0.2, 0.25) is 0 Å². The molecule has 1 aromatic carbocycles. The largest absolute Gasteiger partial charge is 0.353 e. The van der Waals surface area contributed by atoms with Gasteiger partial charge in [0.2, 0.25) is 5.91 Å². The molecule has 3 nitrogen and oxygen atoms in total. The fourth-order valence-corrected chi connectivity index (χ4v) is 2.94. The quantitative estimate of drug-likeness (QED) is 0.885. The highest BCUT2D eigenvalue weighted by Crippen LogP contribution is 2.13. The van der Waals surface area contributed by atoms with E-state index in [0.29, 0.717) is 18.5 Å². The molecule has 3 heteroatoms. The van der Waals surface area contributed by atoms with Crippen molar-refractivity contribution in [3.63, 3.8) is 0 Å². The molecule has 2 unspecified atom stereocenters. The van der Waals surface area contributed by atoms with E-state index in [1.165, 1.54) is 16.7 Å². The zero-order valence-electron chi connectivity index (χ0n) is 12.8. The second kappa shape index (κ2) is 6.89. The molecule has 0 radical (unpaired) electrons. The molecule has 0 aliphatic carbocycles. The molecule has 1 aromatic rings. The Morgan fingerprint density at radius 2 is 2.20 bits per heavy atom. The van der Waals surface area contributed by atoms with Crippen LogP contribution in [-0.4, -0.2) is 24.5 Å². The average molecular weight is 274 g/mol. The molecule has 0 aromatic heterocycles. The Hall–Kier alpha value is -1.35. The Morgan fingerprint density at radius 1 is 1.40 bits per heavy atom. The Labute approximate surface area is 122 Å².